The lowest BCUT2D eigenvalue weighted by atomic mass is 10.1. The second-order valence-corrected chi connectivity index (χ2v) is 7.58. The molecule has 0 saturated carbocycles. The molecule has 8 heteroatoms. The van der Waals surface area contributed by atoms with E-state index >= 15 is 0 Å². The molecule has 3 aromatic carbocycles. The van der Waals surface area contributed by atoms with Gasteiger partial charge in [-0.25, -0.2) is 4.39 Å². The minimum Gasteiger partial charge on any atom is -0.486 e. The number of hydrogen-bond acceptors (Lipinski definition) is 3. The number of ether oxygens (including phenoxy) is 1. The molecule has 0 spiro atoms. The number of carbonyl (C=O) groups is 1. The first kappa shape index (κ1) is 22.6. The van der Waals surface area contributed by atoms with Crippen LogP contribution in [0.5, 0.6) is 5.75 Å². The van der Waals surface area contributed by atoms with Gasteiger partial charge in [-0.1, -0.05) is 53.0 Å². The summed E-state index contributed by atoms with van der Waals surface area (Å²) in [5.74, 6) is -0.829. The molecule has 0 atom stereocenters. The Morgan fingerprint density at radius 1 is 1.06 bits per heavy atom. The Hall–Kier alpha value is -3.04. The van der Waals surface area contributed by atoms with Crippen LogP contribution in [0.2, 0.25) is 15.1 Å². The van der Waals surface area contributed by atoms with E-state index in [4.69, 9.17) is 39.5 Å². The summed E-state index contributed by atoms with van der Waals surface area (Å²) < 4.78 is 19.3. The molecule has 0 bridgehead atoms. The molecule has 1 N–H and O–H groups in total. The van der Waals surface area contributed by atoms with Gasteiger partial charge in [0.25, 0.3) is 5.91 Å². The van der Waals surface area contributed by atoms with Crippen LogP contribution in [0.4, 0.5) is 10.1 Å². The highest BCUT2D eigenvalue weighted by Crippen LogP contribution is 2.35. The highest BCUT2D eigenvalue weighted by molar-refractivity contribution is 6.37. The fourth-order valence-corrected chi connectivity index (χ4v) is 3.35. The van der Waals surface area contributed by atoms with Gasteiger partial charge in [-0.05, 0) is 54.1 Å². The molecule has 0 aliphatic heterocycles. The predicted molar refractivity (Wildman–Crippen MR) is 121 cm³/mol. The molecule has 0 aromatic heterocycles. The van der Waals surface area contributed by atoms with Gasteiger partial charge in [-0.15, -0.1) is 0 Å². The average molecular weight is 476 g/mol. The van der Waals surface area contributed by atoms with E-state index in [1.165, 1.54) is 24.3 Å². The third-order valence-corrected chi connectivity index (χ3v) is 4.94. The van der Waals surface area contributed by atoms with E-state index in [1.807, 2.05) is 6.07 Å². The van der Waals surface area contributed by atoms with Crippen molar-refractivity contribution in [2.45, 2.75) is 6.61 Å². The van der Waals surface area contributed by atoms with Crippen molar-refractivity contribution in [2.24, 2.45) is 0 Å². The van der Waals surface area contributed by atoms with Crippen molar-refractivity contribution in [3.63, 3.8) is 0 Å². The number of carbonyl (C=O) groups excluding carboxylic acids is 1. The van der Waals surface area contributed by atoms with Gasteiger partial charge < -0.3 is 10.1 Å². The zero-order valence-corrected chi connectivity index (χ0v) is 18.1. The summed E-state index contributed by atoms with van der Waals surface area (Å²) in [6.45, 7) is -0.0613. The number of anilines is 1. The topological polar surface area (TPSA) is 62.1 Å². The molecule has 1 amide bonds. The van der Waals surface area contributed by atoms with Gasteiger partial charge in [0.15, 0.2) is 5.75 Å². The maximum absolute atomic E-state index is 13.8. The Bertz CT molecular complexity index is 1170. The lowest BCUT2D eigenvalue weighted by Crippen LogP contribution is -2.13. The third-order valence-electron chi connectivity index (χ3n) is 4.13. The zero-order chi connectivity index (χ0) is 22.4. The molecule has 0 aliphatic carbocycles. The SMILES string of the molecule is N#C/C(=C/c1cc(Cl)c(OCc2ccccc2F)c(Cl)c1)C(=O)Nc1ccc(Cl)cc1. The maximum atomic E-state index is 13.8. The van der Waals surface area contributed by atoms with Gasteiger partial charge in [0, 0.05) is 16.3 Å². The lowest BCUT2D eigenvalue weighted by molar-refractivity contribution is -0.112. The van der Waals surface area contributed by atoms with Gasteiger partial charge in [-0.3, -0.25) is 4.79 Å². The van der Waals surface area contributed by atoms with Crippen LogP contribution in [0, 0.1) is 17.1 Å². The largest absolute Gasteiger partial charge is 0.486 e. The Kier molecular flexibility index (Phi) is 7.54. The maximum Gasteiger partial charge on any atom is 0.266 e. The summed E-state index contributed by atoms with van der Waals surface area (Å²) >= 11 is 18.3. The van der Waals surface area contributed by atoms with E-state index in [0.717, 1.165) is 0 Å². The van der Waals surface area contributed by atoms with Crippen LogP contribution >= 0.6 is 34.8 Å². The fraction of sp³-hybridized carbons (Fsp3) is 0.0435. The first-order chi connectivity index (χ1) is 14.9. The van der Waals surface area contributed by atoms with Crippen molar-refractivity contribution in [1.29, 1.82) is 5.26 Å². The van der Waals surface area contributed by atoms with Crippen LogP contribution in [0.1, 0.15) is 11.1 Å². The van der Waals surface area contributed by atoms with Gasteiger partial charge in [0.1, 0.15) is 24.1 Å². The number of rotatable bonds is 6. The van der Waals surface area contributed by atoms with Crippen molar-refractivity contribution in [2.75, 3.05) is 5.32 Å². The molecule has 156 valence electrons. The number of benzene rings is 3. The summed E-state index contributed by atoms with van der Waals surface area (Å²) in [6, 6.07) is 17.5. The molecule has 0 fully saturated rings. The Labute approximate surface area is 193 Å². The highest BCUT2D eigenvalue weighted by atomic mass is 35.5. The number of amides is 1. The quantitative estimate of drug-likeness (QED) is 0.311. The number of nitrogens with one attached hydrogen (secondary N) is 1. The van der Waals surface area contributed by atoms with Crippen molar-refractivity contribution >= 4 is 52.5 Å². The Morgan fingerprint density at radius 2 is 1.71 bits per heavy atom. The molecule has 0 saturated heterocycles. The minimum absolute atomic E-state index is 0.0613. The molecular formula is C23H14Cl3FN2O2. The molecule has 0 radical (unpaired) electrons. The number of nitriles is 1. The smallest absolute Gasteiger partial charge is 0.266 e. The average Bonchev–Trinajstić information content (AvgIpc) is 2.74. The standard InChI is InChI=1S/C23H14Cl3FN2O2/c24-17-5-7-18(8-6-17)29-23(30)16(12-28)9-14-10-19(25)22(20(26)11-14)31-13-15-3-1-2-4-21(15)27/h1-11H,13H2,(H,29,30)/b16-9-. The van der Waals surface area contributed by atoms with Gasteiger partial charge >= 0.3 is 0 Å². The van der Waals surface area contributed by atoms with Crippen LogP contribution in [0.3, 0.4) is 0 Å². The van der Waals surface area contributed by atoms with E-state index in [-0.39, 0.29) is 28.0 Å². The summed E-state index contributed by atoms with van der Waals surface area (Å²) in [4.78, 5) is 12.4. The van der Waals surface area contributed by atoms with Crippen molar-refractivity contribution in [3.8, 4) is 11.8 Å². The second-order valence-electron chi connectivity index (χ2n) is 6.32. The van der Waals surface area contributed by atoms with Gasteiger partial charge in [0.05, 0.1) is 10.0 Å². The molecule has 3 rings (SSSR count). The van der Waals surface area contributed by atoms with E-state index in [9.17, 15) is 14.4 Å². The number of nitrogens with zero attached hydrogens (tertiary/aromatic N) is 1. The van der Waals surface area contributed by atoms with E-state index < -0.39 is 11.7 Å². The zero-order valence-electron chi connectivity index (χ0n) is 15.8. The number of halogens is 4. The van der Waals surface area contributed by atoms with Crippen LogP contribution < -0.4 is 10.1 Å². The Morgan fingerprint density at radius 3 is 2.32 bits per heavy atom. The van der Waals surface area contributed by atoms with Crippen LogP contribution in [-0.4, -0.2) is 5.91 Å². The number of hydrogen-bond donors (Lipinski definition) is 1. The third kappa shape index (κ3) is 5.99. The van der Waals surface area contributed by atoms with Gasteiger partial charge in [0.2, 0.25) is 0 Å². The first-order valence-electron chi connectivity index (χ1n) is 8.91. The molecular weight excluding hydrogens is 462 g/mol. The van der Waals surface area contributed by atoms with E-state index in [2.05, 4.69) is 5.32 Å². The molecule has 3 aromatic rings. The molecule has 0 aliphatic rings. The fourth-order valence-electron chi connectivity index (χ4n) is 2.61. The molecule has 4 nitrogen and oxygen atoms in total. The van der Waals surface area contributed by atoms with Crippen LogP contribution in [-0.2, 0) is 11.4 Å². The van der Waals surface area contributed by atoms with Gasteiger partial charge in [-0.2, -0.15) is 5.26 Å². The summed E-state index contributed by atoms with van der Waals surface area (Å²) in [5.41, 5.74) is 1.12. The van der Waals surface area contributed by atoms with E-state index in [0.29, 0.717) is 21.8 Å². The van der Waals surface area contributed by atoms with Crippen molar-refractivity contribution in [3.05, 3.63) is 98.2 Å². The van der Waals surface area contributed by atoms with E-state index in [1.54, 1.807) is 42.5 Å². The summed E-state index contributed by atoms with van der Waals surface area (Å²) in [5, 5.41) is 12.8. The molecule has 31 heavy (non-hydrogen) atoms. The second kappa shape index (κ2) is 10.3. The Balaban J connectivity index is 1.77. The summed E-state index contributed by atoms with van der Waals surface area (Å²) in [7, 11) is 0. The van der Waals surface area contributed by atoms with Crippen molar-refractivity contribution in [1.82, 2.24) is 0 Å². The van der Waals surface area contributed by atoms with Crippen LogP contribution in [0.15, 0.2) is 66.2 Å². The lowest BCUT2D eigenvalue weighted by Gasteiger charge is -2.11. The van der Waals surface area contributed by atoms with Crippen molar-refractivity contribution < 1.29 is 13.9 Å². The van der Waals surface area contributed by atoms with Crippen LogP contribution in [0.25, 0.3) is 6.08 Å². The minimum atomic E-state index is -0.600. The normalized spacial score (nSPS) is 11.0. The molecule has 0 heterocycles. The monoisotopic (exact) mass is 474 g/mol. The predicted octanol–water partition coefficient (Wildman–Crippen LogP) is 6.91. The highest BCUT2D eigenvalue weighted by Gasteiger charge is 2.14. The summed E-state index contributed by atoms with van der Waals surface area (Å²) in [6.07, 6.45) is 1.35. The molecule has 0 unspecified atom stereocenters. The first-order valence-corrected chi connectivity index (χ1v) is 10.0.